The van der Waals surface area contributed by atoms with Crippen molar-refractivity contribution in [2.24, 2.45) is 0 Å². The van der Waals surface area contributed by atoms with Crippen LogP contribution in [0.4, 0.5) is 13.2 Å². The van der Waals surface area contributed by atoms with E-state index in [4.69, 9.17) is 4.74 Å². The highest BCUT2D eigenvalue weighted by atomic mass is 79.9. The van der Waals surface area contributed by atoms with E-state index in [0.29, 0.717) is 24.3 Å². The van der Waals surface area contributed by atoms with Crippen molar-refractivity contribution < 1.29 is 23.0 Å². The second kappa shape index (κ2) is 5.09. The summed E-state index contributed by atoms with van der Waals surface area (Å²) >= 11 is 3.29. The summed E-state index contributed by atoms with van der Waals surface area (Å²) in [6.07, 6.45) is -6.05. The van der Waals surface area contributed by atoms with Crippen molar-refractivity contribution in [3.63, 3.8) is 0 Å². The van der Waals surface area contributed by atoms with Crippen LogP contribution < -0.4 is 4.74 Å². The average molecular weight is 325 g/mol. The highest BCUT2D eigenvalue weighted by molar-refractivity contribution is 9.10. The SMILES string of the molecule is OC(CCC(F)(F)F)c1cc(Br)cc2c1OCC2. The Labute approximate surface area is 111 Å². The van der Waals surface area contributed by atoms with Crippen molar-refractivity contribution in [2.75, 3.05) is 6.61 Å². The van der Waals surface area contributed by atoms with Gasteiger partial charge in [-0.25, -0.2) is 0 Å². The van der Waals surface area contributed by atoms with E-state index in [1.807, 2.05) is 6.07 Å². The van der Waals surface area contributed by atoms with Gasteiger partial charge >= 0.3 is 6.18 Å². The van der Waals surface area contributed by atoms with Gasteiger partial charge in [-0.2, -0.15) is 13.2 Å². The van der Waals surface area contributed by atoms with Gasteiger partial charge in [-0.05, 0) is 24.1 Å². The molecule has 100 valence electrons. The molecule has 0 saturated carbocycles. The molecule has 2 nitrogen and oxygen atoms in total. The number of hydrogen-bond acceptors (Lipinski definition) is 2. The van der Waals surface area contributed by atoms with Gasteiger partial charge in [-0.1, -0.05) is 15.9 Å². The molecule has 6 heteroatoms. The summed E-state index contributed by atoms with van der Waals surface area (Å²) < 4.78 is 42.5. The molecule has 1 atom stereocenters. The van der Waals surface area contributed by atoms with Crippen LogP contribution in [0.1, 0.15) is 30.1 Å². The maximum absolute atomic E-state index is 12.1. The van der Waals surface area contributed by atoms with E-state index in [1.54, 1.807) is 6.07 Å². The van der Waals surface area contributed by atoms with Crippen LogP contribution >= 0.6 is 15.9 Å². The van der Waals surface area contributed by atoms with Crippen LogP contribution in [0.25, 0.3) is 0 Å². The first-order chi connectivity index (χ1) is 8.37. The normalized spacial score (nSPS) is 16.3. The number of hydrogen-bond donors (Lipinski definition) is 1. The van der Waals surface area contributed by atoms with E-state index in [2.05, 4.69) is 15.9 Å². The fourth-order valence-corrected chi connectivity index (χ4v) is 2.52. The van der Waals surface area contributed by atoms with E-state index < -0.39 is 18.7 Å². The number of aliphatic hydroxyl groups excluding tert-OH is 1. The molecule has 0 radical (unpaired) electrons. The summed E-state index contributed by atoms with van der Waals surface area (Å²) in [4.78, 5) is 0. The van der Waals surface area contributed by atoms with Gasteiger partial charge in [0.05, 0.1) is 12.7 Å². The molecular weight excluding hydrogens is 313 g/mol. The van der Waals surface area contributed by atoms with Gasteiger partial charge < -0.3 is 9.84 Å². The first-order valence-corrected chi connectivity index (χ1v) is 6.36. The number of rotatable bonds is 3. The van der Waals surface area contributed by atoms with Crippen LogP contribution in [0.3, 0.4) is 0 Å². The van der Waals surface area contributed by atoms with Crippen molar-refractivity contribution >= 4 is 15.9 Å². The monoisotopic (exact) mass is 324 g/mol. The van der Waals surface area contributed by atoms with Crippen molar-refractivity contribution in [3.8, 4) is 5.75 Å². The zero-order valence-electron chi connectivity index (χ0n) is 9.43. The molecule has 2 rings (SSSR count). The second-order valence-corrected chi connectivity index (χ2v) is 5.17. The van der Waals surface area contributed by atoms with E-state index in [-0.39, 0.29) is 6.42 Å². The van der Waals surface area contributed by atoms with E-state index in [0.717, 1.165) is 10.0 Å². The van der Waals surface area contributed by atoms with E-state index >= 15 is 0 Å². The molecule has 1 aliphatic heterocycles. The lowest BCUT2D eigenvalue weighted by Gasteiger charge is -2.16. The second-order valence-electron chi connectivity index (χ2n) is 4.25. The van der Waals surface area contributed by atoms with Gasteiger partial charge in [0.15, 0.2) is 0 Å². The van der Waals surface area contributed by atoms with Crippen LogP contribution in [0, 0.1) is 0 Å². The van der Waals surface area contributed by atoms with Crippen molar-refractivity contribution in [2.45, 2.75) is 31.5 Å². The smallest absolute Gasteiger partial charge is 0.389 e. The third kappa shape index (κ3) is 3.17. The van der Waals surface area contributed by atoms with Gasteiger partial charge in [-0.15, -0.1) is 0 Å². The number of ether oxygens (including phenoxy) is 1. The summed E-state index contributed by atoms with van der Waals surface area (Å²) in [5.41, 5.74) is 1.35. The van der Waals surface area contributed by atoms with Gasteiger partial charge in [0.2, 0.25) is 0 Å². The van der Waals surface area contributed by atoms with Crippen molar-refractivity contribution in [1.82, 2.24) is 0 Å². The summed E-state index contributed by atoms with van der Waals surface area (Å²) in [7, 11) is 0. The summed E-state index contributed by atoms with van der Waals surface area (Å²) in [6.45, 7) is 0.505. The predicted molar refractivity (Wildman–Crippen MR) is 63.6 cm³/mol. The topological polar surface area (TPSA) is 29.5 Å². The number of alkyl halides is 3. The third-order valence-electron chi connectivity index (χ3n) is 2.84. The van der Waals surface area contributed by atoms with E-state index in [1.165, 1.54) is 0 Å². The third-order valence-corrected chi connectivity index (χ3v) is 3.30. The van der Waals surface area contributed by atoms with Crippen LogP contribution in [0.5, 0.6) is 5.75 Å². The Bertz CT molecular complexity index is 446. The number of fused-ring (bicyclic) bond motifs is 1. The van der Waals surface area contributed by atoms with Crippen molar-refractivity contribution in [3.05, 3.63) is 27.7 Å². The lowest BCUT2D eigenvalue weighted by atomic mass is 10.0. The molecule has 0 fully saturated rings. The predicted octanol–water partition coefficient (Wildman–Crippen LogP) is 3.76. The standard InChI is InChI=1S/C12H12BrF3O2/c13-8-5-7-2-4-18-11(7)9(6-8)10(17)1-3-12(14,15)16/h5-6,10,17H,1-4H2. The number of aliphatic hydroxyl groups is 1. The molecule has 0 amide bonds. The Balaban J connectivity index is 2.18. The Hall–Kier alpha value is -0.750. The highest BCUT2D eigenvalue weighted by Gasteiger charge is 2.30. The Morgan fingerprint density at radius 2 is 2.11 bits per heavy atom. The maximum atomic E-state index is 12.1. The van der Waals surface area contributed by atoms with Gasteiger partial charge in [-0.3, -0.25) is 0 Å². The molecule has 0 bridgehead atoms. The molecule has 0 saturated heterocycles. The molecule has 18 heavy (non-hydrogen) atoms. The molecule has 0 spiro atoms. The Kier molecular flexibility index (Phi) is 3.87. The zero-order chi connectivity index (χ0) is 13.3. The Morgan fingerprint density at radius 3 is 2.78 bits per heavy atom. The molecule has 1 aliphatic rings. The highest BCUT2D eigenvalue weighted by Crippen LogP contribution is 2.38. The molecule has 1 aromatic carbocycles. The van der Waals surface area contributed by atoms with Gasteiger partial charge in [0, 0.05) is 22.9 Å². The molecular formula is C12H12BrF3O2. The molecule has 0 aromatic heterocycles. The lowest BCUT2D eigenvalue weighted by Crippen LogP contribution is -2.10. The van der Waals surface area contributed by atoms with Crippen LogP contribution in [-0.4, -0.2) is 17.9 Å². The van der Waals surface area contributed by atoms with Crippen LogP contribution in [0.15, 0.2) is 16.6 Å². The van der Waals surface area contributed by atoms with Gasteiger partial charge in [0.25, 0.3) is 0 Å². The summed E-state index contributed by atoms with van der Waals surface area (Å²) in [6, 6.07) is 3.48. The minimum atomic E-state index is -4.25. The lowest BCUT2D eigenvalue weighted by molar-refractivity contribution is -0.140. The molecule has 1 heterocycles. The molecule has 1 N–H and O–H groups in total. The van der Waals surface area contributed by atoms with Crippen LogP contribution in [0.2, 0.25) is 0 Å². The fourth-order valence-electron chi connectivity index (χ4n) is 2.00. The minimum Gasteiger partial charge on any atom is -0.493 e. The zero-order valence-corrected chi connectivity index (χ0v) is 11.0. The largest absolute Gasteiger partial charge is 0.493 e. The Morgan fingerprint density at radius 1 is 1.39 bits per heavy atom. The molecule has 1 unspecified atom stereocenters. The first-order valence-electron chi connectivity index (χ1n) is 5.57. The minimum absolute atomic E-state index is 0.351. The molecule has 1 aromatic rings. The maximum Gasteiger partial charge on any atom is 0.389 e. The quantitative estimate of drug-likeness (QED) is 0.917. The first kappa shape index (κ1) is 13.7. The van der Waals surface area contributed by atoms with Crippen molar-refractivity contribution in [1.29, 1.82) is 0 Å². The summed E-state index contributed by atoms with van der Waals surface area (Å²) in [5, 5.41) is 9.87. The summed E-state index contributed by atoms with van der Waals surface area (Å²) in [5.74, 6) is 0.535. The van der Waals surface area contributed by atoms with Gasteiger partial charge in [0.1, 0.15) is 5.75 Å². The molecule has 0 aliphatic carbocycles. The van der Waals surface area contributed by atoms with E-state index in [9.17, 15) is 18.3 Å². The fraction of sp³-hybridized carbons (Fsp3) is 0.500. The van der Waals surface area contributed by atoms with Crippen LogP contribution in [-0.2, 0) is 6.42 Å². The number of benzene rings is 1. The average Bonchev–Trinajstić information content (AvgIpc) is 2.71. The number of halogens is 4.